The minimum Gasteiger partial charge on any atom is -0.367 e. The molecule has 0 aromatic carbocycles. The molecule has 2 aromatic heterocycles. The van der Waals surface area contributed by atoms with Crippen LogP contribution in [0.3, 0.4) is 0 Å². The van der Waals surface area contributed by atoms with E-state index in [0.717, 1.165) is 35.5 Å². The third kappa shape index (κ3) is 3.00. The number of anilines is 1. The van der Waals surface area contributed by atoms with Crippen molar-refractivity contribution in [2.45, 2.75) is 38.9 Å². The van der Waals surface area contributed by atoms with Crippen molar-refractivity contribution in [1.82, 2.24) is 9.97 Å². The van der Waals surface area contributed by atoms with Crippen LogP contribution >= 0.6 is 22.9 Å². The fraction of sp³-hybridized carbons (Fsp3) is 0.600. The summed E-state index contributed by atoms with van der Waals surface area (Å²) in [7, 11) is 0. The van der Waals surface area contributed by atoms with Gasteiger partial charge in [0.15, 0.2) is 0 Å². The van der Waals surface area contributed by atoms with Crippen molar-refractivity contribution in [2.24, 2.45) is 0 Å². The molecule has 1 aliphatic heterocycles. The van der Waals surface area contributed by atoms with E-state index >= 15 is 0 Å². The third-order valence-corrected chi connectivity index (χ3v) is 5.19. The molecule has 3 rings (SSSR count). The van der Waals surface area contributed by atoms with Crippen LogP contribution in [0.25, 0.3) is 10.2 Å². The van der Waals surface area contributed by atoms with E-state index in [9.17, 15) is 0 Å². The number of alkyl halides is 1. The summed E-state index contributed by atoms with van der Waals surface area (Å²) in [5.41, 5.74) is -0.224. The summed E-state index contributed by atoms with van der Waals surface area (Å²) >= 11 is 7.77. The van der Waals surface area contributed by atoms with E-state index in [4.69, 9.17) is 16.3 Å². The molecule has 0 spiro atoms. The molecule has 1 unspecified atom stereocenters. The second-order valence-electron chi connectivity index (χ2n) is 6.02. The molecule has 21 heavy (non-hydrogen) atoms. The predicted molar refractivity (Wildman–Crippen MR) is 88.7 cm³/mol. The number of hydrogen-bond acceptors (Lipinski definition) is 5. The van der Waals surface area contributed by atoms with Crippen molar-refractivity contribution >= 4 is 39.0 Å². The Labute approximate surface area is 134 Å². The monoisotopic (exact) mass is 325 g/mol. The number of halogens is 1. The molecular formula is C15H20ClN3OS. The van der Waals surface area contributed by atoms with Crippen LogP contribution in [-0.2, 0) is 11.2 Å². The summed E-state index contributed by atoms with van der Waals surface area (Å²) in [6, 6.07) is 2.22. The summed E-state index contributed by atoms with van der Waals surface area (Å²) in [6.45, 7) is 7.95. The first-order valence-electron chi connectivity index (χ1n) is 7.24. The molecule has 6 heteroatoms. The Hall–Kier alpha value is -0.910. The van der Waals surface area contributed by atoms with Gasteiger partial charge in [-0.1, -0.05) is 6.92 Å². The first-order chi connectivity index (χ1) is 10.0. The SMILES string of the molecule is CCc1cc2c(N3CC(CCl)OC(C)(C)C3)ncnc2s1. The van der Waals surface area contributed by atoms with Gasteiger partial charge in [-0.3, -0.25) is 0 Å². The number of aromatic nitrogens is 2. The fourth-order valence-corrected chi connectivity index (χ4v) is 3.95. The highest BCUT2D eigenvalue weighted by molar-refractivity contribution is 7.18. The van der Waals surface area contributed by atoms with E-state index in [1.54, 1.807) is 17.7 Å². The average molecular weight is 326 g/mol. The zero-order valence-electron chi connectivity index (χ0n) is 12.6. The zero-order chi connectivity index (χ0) is 15.0. The molecule has 0 aliphatic carbocycles. The van der Waals surface area contributed by atoms with Crippen LogP contribution in [0.5, 0.6) is 0 Å². The van der Waals surface area contributed by atoms with Crippen LogP contribution < -0.4 is 4.90 Å². The molecule has 3 heterocycles. The van der Waals surface area contributed by atoms with E-state index in [2.05, 4.69) is 41.7 Å². The lowest BCUT2D eigenvalue weighted by Crippen LogP contribution is -2.53. The molecule has 4 nitrogen and oxygen atoms in total. The zero-order valence-corrected chi connectivity index (χ0v) is 14.2. The first kappa shape index (κ1) is 15.0. The Morgan fingerprint density at radius 2 is 2.29 bits per heavy atom. The van der Waals surface area contributed by atoms with E-state index < -0.39 is 0 Å². The molecule has 114 valence electrons. The van der Waals surface area contributed by atoms with Crippen LogP contribution in [0.15, 0.2) is 12.4 Å². The van der Waals surface area contributed by atoms with Crippen molar-refractivity contribution in [2.75, 3.05) is 23.9 Å². The molecule has 0 bridgehead atoms. The summed E-state index contributed by atoms with van der Waals surface area (Å²) in [5, 5.41) is 1.14. The summed E-state index contributed by atoms with van der Waals surface area (Å²) in [6.07, 6.45) is 2.72. The molecule has 0 saturated carbocycles. The lowest BCUT2D eigenvalue weighted by molar-refractivity contribution is -0.0735. The van der Waals surface area contributed by atoms with E-state index in [1.165, 1.54) is 4.88 Å². The minimum absolute atomic E-state index is 0.0321. The van der Waals surface area contributed by atoms with Crippen LogP contribution in [0, 0.1) is 0 Å². The maximum atomic E-state index is 6.02. The summed E-state index contributed by atoms with van der Waals surface area (Å²) in [4.78, 5) is 13.6. The maximum Gasteiger partial charge on any atom is 0.140 e. The third-order valence-electron chi connectivity index (χ3n) is 3.66. The van der Waals surface area contributed by atoms with E-state index in [1.807, 2.05) is 0 Å². The lowest BCUT2D eigenvalue weighted by Gasteiger charge is -2.43. The van der Waals surface area contributed by atoms with Crippen molar-refractivity contribution < 1.29 is 4.74 Å². The van der Waals surface area contributed by atoms with Gasteiger partial charge in [0, 0.05) is 18.0 Å². The molecule has 2 aromatic rings. The van der Waals surface area contributed by atoms with Crippen LogP contribution in [0.2, 0.25) is 0 Å². The molecule has 1 saturated heterocycles. The smallest absolute Gasteiger partial charge is 0.140 e. The molecule has 1 fully saturated rings. The molecular weight excluding hydrogens is 306 g/mol. The minimum atomic E-state index is -0.224. The largest absolute Gasteiger partial charge is 0.367 e. The highest BCUT2D eigenvalue weighted by Crippen LogP contribution is 2.33. The van der Waals surface area contributed by atoms with Crippen molar-refractivity contribution in [1.29, 1.82) is 0 Å². The summed E-state index contributed by atoms with van der Waals surface area (Å²) in [5.74, 6) is 1.50. The standard InChI is InChI=1S/C15H20ClN3OS/c1-4-11-5-12-13(17-9-18-14(12)21-11)19-7-10(6-16)20-15(2,3)8-19/h5,9-10H,4,6-8H2,1-3H3. The van der Waals surface area contributed by atoms with Gasteiger partial charge in [0.25, 0.3) is 0 Å². The molecule has 1 atom stereocenters. The average Bonchev–Trinajstić information content (AvgIpc) is 2.88. The van der Waals surface area contributed by atoms with Gasteiger partial charge in [-0.25, -0.2) is 9.97 Å². The molecule has 0 amide bonds. The maximum absolute atomic E-state index is 6.02. The topological polar surface area (TPSA) is 38.2 Å². The normalized spacial score (nSPS) is 21.9. The Morgan fingerprint density at radius 1 is 1.48 bits per heavy atom. The number of hydrogen-bond donors (Lipinski definition) is 0. The number of fused-ring (bicyclic) bond motifs is 1. The van der Waals surface area contributed by atoms with Gasteiger partial charge in [-0.15, -0.1) is 22.9 Å². The van der Waals surface area contributed by atoms with Gasteiger partial charge in [-0.2, -0.15) is 0 Å². The van der Waals surface area contributed by atoms with Crippen molar-refractivity contribution in [3.05, 3.63) is 17.3 Å². The number of aryl methyl sites for hydroxylation is 1. The Kier molecular flexibility index (Phi) is 4.08. The number of ether oxygens (including phenoxy) is 1. The number of morpholine rings is 1. The number of rotatable bonds is 3. The van der Waals surface area contributed by atoms with Gasteiger partial charge < -0.3 is 9.64 Å². The number of thiophene rings is 1. The van der Waals surface area contributed by atoms with Gasteiger partial charge in [0.2, 0.25) is 0 Å². The highest BCUT2D eigenvalue weighted by atomic mass is 35.5. The van der Waals surface area contributed by atoms with Gasteiger partial charge in [0.05, 0.1) is 23.0 Å². The van der Waals surface area contributed by atoms with Gasteiger partial charge >= 0.3 is 0 Å². The van der Waals surface area contributed by atoms with Crippen molar-refractivity contribution in [3.63, 3.8) is 0 Å². The predicted octanol–water partition coefficient (Wildman–Crippen LogP) is 3.48. The first-order valence-corrected chi connectivity index (χ1v) is 8.59. The Morgan fingerprint density at radius 3 is 3.00 bits per heavy atom. The van der Waals surface area contributed by atoms with Gasteiger partial charge in [-0.05, 0) is 26.3 Å². The van der Waals surface area contributed by atoms with E-state index in [-0.39, 0.29) is 11.7 Å². The molecule has 0 N–H and O–H groups in total. The Bertz CT molecular complexity index is 643. The van der Waals surface area contributed by atoms with Crippen LogP contribution in [0.4, 0.5) is 5.82 Å². The molecule has 1 aliphatic rings. The summed E-state index contributed by atoms with van der Waals surface area (Å²) < 4.78 is 6.00. The number of nitrogens with zero attached hydrogens (tertiary/aromatic N) is 3. The fourth-order valence-electron chi connectivity index (χ4n) is 2.86. The molecule has 0 radical (unpaired) electrons. The van der Waals surface area contributed by atoms with E-state index in [0.29, 0.717) is 5.88 Å². The quantitative estimate of drug-likeness (QED) is 0.810. The van der Waals surface area contributed by atoms with Crippen LogP contribution in [0.1, 0.15) is 25.6 Å². The van der Waals surface area contributed by atoms with Gasteiger partial charge in [0.1, 0.15) is 17.0 Å². The second kappa shape index (κ2) is 5.71. The van der Waals surface area contributed by atoms with Crippen molar-refractivity contribution in [3.8, 4) is 0 Å². The lowest BCUT2D eigenvalue weighted by atomic mass is 10.1. The second-order valence-corrected chi connectivity index (χ2v) is 7.44. The highest BCUT2D eigenvalue weighted by Gasteiger charge is 2.34. The van der Waals surface area contributed by atoms with Crippen LogP contribution in [-0.4, -0.2) is 40.6 Å². The Balaban J connectivity index is 2.00.